The lowest BCUT2D eigenvalue weighted by molar-refractivity contribution is 0.655. The van der Waals surface area contributed by atoms with Crippen LogP contribution in [0.15, 0.2) is 84.9 Å². The number of rotatable bonds is 5. The number of hydrogen-bond acceptors (Lipinski definition) is 0. The highest BCUT2D eigenvalue weighted by Gasteiger charge is 2.13. The average Bonchev–Trinajstić information content (AvgIpc) is 3.05. The standard InChI is InChI=1S/C24H23N/c1-2-3-17-25-23-16-10-7-13-20(23)18-24(25)22-15-9-8-14-21(22)19-11-5-4-6-12-19/h4-16,18H,2-3,17H2,1H3. The summed E-state index contributed by atoms with van der Waals surface area (Å²) in [5.74, 6) is 0. The van der Waals surface area contributed by atoms with Gasteiger partial charge >= 0.3 is 0 Å². The maximum Gasteiger partial charge on any atom is 0.0497 e. The van der Waals surface area contributed by atoms with Crippen molar-refractivity contribution in [2.24, 2.45) is 0 Å². The zero-order valence-electron chi connectivity index (χ0n) is 14.7. The van der Waals surface area contributed by atoms with Crippen LogP contribution in [0.3, 0.4) is 0 Å². The van der Waals surface area contributed by atoms with Gasteiger partial charge in [0.05, 0.1) is 0 Å². The largest absolute Gasteiger partial charge is 0.340 e. The molecule has 4 rings (SSSR count). The molecule has 1 heterocycles. The van der Waals surface area contributed by atoms with Crippen molar-refractivity contribution in [1.82, 2.24) is 4.57 Å². The molecule has 1 nitrogen and oxygen atoms in total. The third kappa shape index (κ3) is 2.98. The normalized spacial score (nSPS) is 11.1. The van der Waals surface area contributed by atoms with Gasteiger partial charge in [0.2, 0.25) is 0 Å². The van der Waals surface area contributed by atoms with E-state index in [0.29, 0.717) is 0 Å². The third-order valence-corrected chi connectivity index (χ3v) is 4.83. The first-order valence-electron chi connectivity index (χ1n) is 9.11. The molecule has 124 valence electrons. The van der Waals surface area contributed by atoms with E-state index < -0.39 is 0 Å². The Balaban J connectivity index is 1.94. The summed E-state index contributed by atoms with van der Waals surface area (Å²) >= 11 is 0. The van der Waals surface area contributed by atoms with E-state index in [4.69, 9.17) is 0 Å². The second-order valence-electron chi connectivity index (χ2n) is 6.51. The Bertz CT molecular complexity index is 979. The van der Waals surface area contributed by atoms with Gasteiger partial charge in [0.1, 0.15) is 0 Å². The van der Waals surface area contributed by atoms with Crippen molar-refractivity contribution in [2.45, 2.75) is 26.3 Å². The first-order valence-corrected chi connectivity index (χ1v) is 9.11. The maximum atomic E-state index is 2.49. The molecule has 0 radical (unpaired) electrons. The highest BCUT2D eigenvalue weighted by molar-refractivity contribution is 5.91. The molecule has 0 aliphatic heterocycles. The van der Waals surface area contributed by atoms with Crippen molar-refractivity contribution in [1.29, 1.82) is 0 Å². The molecule has 0 saturated heterocycles. The Morgan fingerprint density at radius 1 is 0.720 bits per heavy atom. The van der Waals surface area contributed by atoms with Crippen molar-refractivity contribution in [3.8, 4) is 22.4 Å². The molecule has 0 N–H and O–H groups in total. The Morgan fingerprint density at radius 3 is 2.20 bits per heavy atom. The molecule has 25 heavy (non-hydrogen) atoms. The molecular weight excluding hydrogens is 302 g/mol. The molecule has 1 heteroatoms. The van der Waals surface area contributed by atoms with Crippen molar-refractivity contribution in [2.75, 3.05) is 0 Å². The van der Waals surface area contributed by atoms with E-state index in [1.807, 2.05) is 0 Å². The molecule has 0 saturated carbocycles. The number of para-hydroxylation sites is 1. The maximum absolute atomic E-state index is 2.49. The fourth-order valence-corrected chi connectivity index (χ4v) is 3.57. The number of fused-ring (bicyclic) bond motifs is 1. The molecule has 0 unspecified atom stereocenters. The smallest absolute Gasteiger partial charge is 0.0497 e. The van der Waals surface area contributed by atoms with Crippen molar-refractivity contribution in [3.05, 3.63) is 84.9 Å². The average molecular weight is 325 g/mol. The van der Waals surface area contributed by atoms with Crippen LogP contribution in [0, 0.1) is 0 Å². The van der Waals surface area contributed by atoms with E-state index in [2.05, 4.69) is 96.4 Å². The van der Waals surface area contributed by atoms with Crippen LogP contribution in [0.1, 0.15) is 19.8 Å². The van der Waals surface area contributed by atoms with Gasteiger partial charge in [-0.3, -0.25) is 0 Å². The molecule has 0 amide bonds. The minimum atomic E-state index is 1.06. The van der Waals surface area contributed by atoms with E-state index in [1.54, 1.807) is 0 Å². The van der Waals surface area contributed by atoms with Crippen LogP contribution in [0.5, 0.6) is 0 Å². The Morgan fingerprint density at radius 2 is 1.40 bits per heavy atom. The quantitative estimate of drug-likeness (QED) is 0.381. The van der Waals surface area contributed by atoms with Gasteiger partial charge in [-0.15, -0.1) is 0 Å². The summed E-state index contributed by atoms with van der Waals surface area (Å²) in [6.07, 6.45) is 2.39. The number of unbranched alkanes of at least 4 members (excludes halogenated alkanes) is 1. The first kappa shape index (κ1) is 15.7. The predicted molar refractivity (Wildman–Crippen MR) is 108 cm³/mol. The van der Waals surface area contributed by atoms with Crippen LogP contribution in [-0.2, 0) is 6.54 Å². The summed E-state index contributed by atoms with van der Waals surface area (Å²) in [6.45, 7) is 3.31. The van der Waals surface area contributed by atoms with E-state index >= 15 is 0 Å². The Hall–Kier alpha value is -2.80. The van der Waals surface area contributed by atoms with Crippen molar-refractivity contribution >= 4 is 10.9 Å². The number of nitrogens with zero attached hydrogens (tertiary/aromatic N) is 1. The molecule has 0 bridgehead atoms. The second kappa shape index (κ2) is 6.98. The van der Waals surface area contributed by atoms with Crippen LogP contribution in [0.2, 0.25) is 0 Å². The van der Waals surface area contributed by atoms with Gasteiger partial charge in [-0.25, -0.2) is 0 Å². The molecule has 0 fully saturated rings. The summed E-state index contributed by atoms with van der Waals surface area (Å²) in [5, 5.41) is 1.32. The minimum Gasteiger partial charge on any atom is -0.340 e. The predicted octanol–water partition coefficient (Wildman–Crippen LogP) is 6.78. The van der Waals surface area contributed by atoms with Gasteiger partial charge in [0.25, 0.3) is 0 Å². The zero-order chi connectivity index (χ0) is 17.1. The van der Waals surface area contributed by atoms with Gasteiger partial charge in [-0.1, -0.05) is 86.1 Å². The van der Waals surface area contributed by atoms with Crippen molar-refractivity contribution in [3.63, 3.8) is 0 Å². The van der Waals surface area contributed by atoms with E-state index in [9.17, 15) is 0 Å². The van der Waals surface area contributed by atoms with Crippen LogP contribution in [-0.4, -0.2) is 4.57 Å². The van der Waals surface area contributed by atoms with Gasteiger partial charge < -0.3 is 4.57 Å². The molecule has 0 aliphatic rings. The van der Waals surface area contributed by atoms with Crippen molar-refractivity contribution < 1.29 is 0 Å². The van der Waals surface area contributed by atoms with Gasteiger partial charge in [0.15, 0.2) is 0 Å². The molecule has 3 aromatic carbocycles. The van der Waals surface area contributed by atoms with Crippen LogP contribution in [0.25, 0.3) is 33.3 Å². The number of hydrogen-bond donors (Lipinski definition) is 0. The molecule has 0 aliphatic carbocycles. The summed E-state index contributed by atoms with van der Waals surface area (Å²) in [7, 11) is 0. The zero-order valence-corrected chi connectivity index (χ0v) is 14.7. The summed E-state index contributed by atoms with van der Waals surface area (Å²) in [6, 6.07) is 30.5. The lowest BCUT2D eigenvalue weighted by Crippen LogP contribution is -2.00. The second-order valence-corrected chi connectivity index (χ2v) is 6.51. The fraction of sp³-hybridized carbons (Fsp3) is 0.167. The SMILES string of the molecule is CCCCn1c(-c2ccccc2-c2ccccc2)cc2ccccc21. The number of aromatic nitrogens is 1. The monoisotopic (exact) mass is 325 g/mol. The topological polar surface area (TPSA) is 4.93 Å². The third-order valence-electron chi connectivity index (χ3n) is 4.83. The van der Waals surface area contributed by atoms with Crippen LogP contribution >= 0.6 is 0 Å². The van der Waals surface area contributed by atoms with Gasteiger partial charge in [-0.2, -0.15) is 0 Å². The summed E-state index contributed by atoms with van der Waals surface area (Å²) < 4.78 is 2.49. The molecule has 4 aromatic rings. The highest BCUT2D eigenvalue weighted by atomic mass is 15.0. The molecule has 0 atom stereocenters. The summed E-state index contributed by atoms with van der Waals surface area (Å²) in [4.78, 5) is 0. The summed E-state index contributed by atoms with van der Waals surface area (Å²) in [5.41, 5.74) is 6.51. The molecule has 1 aromatic heterocycles. The Kier molecular flexibility index (Phi) is 4.39. The first-order chi connectivity index (χ1) is 12.4. The highest BCUT2D eigenvalue weighted by Crippen LogP contribution is 2.35. The fourth-order valence-electron chi connectivity index (χ4n) is 3.57. The van der Waals surface area contributed by atoms with Gasteiger partial charge in [-0.05, 0) is 29.7 Å². The van der Waals surface area contributed by atoms with E-state index in [-0.39, 0.29) is 0 Å². The number of aryl methyl sites for hydroxylation is 1. The molecular formula is C24H23N. The number of benzene rings is 3. The minimum absolute atomic E-state index is 1.06. The van der Waals surface area contributed by atoms with E-state index in [1.165, 1.54) is 46.1 Å². The molecule has 0 spiro atoms. The Labute approximate surface area is 149 Å². The lowest BCUT2D eigenvalue weighted by atomic mass is 9.97. The van der Waals surface area contributed by atoms with Crippen LogP contribution in [0.4, 0.5) is 0 Å². The van der Waals surface area contributed by atoms with E-state index in [0.717, 1.165) is 6.54 Å². The van der Waals surface area contributed by atoms with Crippen LogP contribution < -0.4 is 0 Å². The lowest BCUT2D eigenvalue weighted by Gasteiger charge is -2.14. The van der Waals surface area contributed by atoms with Gasteiger partial charge in [0, 0.05) is 28.7 Å².